The first-order valence-corrected chi connectivity index (χ1v) is 6.49. The highest BCUT2D eigenvalue weighted by molar-refractivity contribution is 5.46. The second-order valence-electron chi connectivity index (χ2n) is 4.83. The Morgan fingerprint density at radius 3 is 2.59 bits per heavy atom. The zero-order chi connectivity index (χ0) is 12.1. The first kappa shape index (κ1) is 12.4. The normalized spacial score (nSPS) is 16.8. The maximum absolute atomic E-state index is 9.17. The molecule has 1 fully saturated rings. The molecule has 1 aliphatic rings. The lowest BCUT2D eigenvalue weighted by molar-refractivity contribution is 0.145. The fourth-order valence-electron chi connectivity index (χ4n) is 2.69. The molecule has 1 aliphatic carbocycles. The van der Waals surface area contributed by atoms with E-state index in [1.807, 2.05) is 18.2 Å². The summed E-state index contributed by atoms with van der Waals surface area (Å²) >= 11 is 0. The van der Waals surface area contributed by atoms with Gasteiger partial charge in [0.15, 0.2) is 0 Å². The van der Waals surface area contributed by atoms with Crippen LogP contribution in [-0.2, 0) is 6.54 Å². The molecule has 94 valence electrons. The van der Waals surface area contributed by atoms with Crippen LogP contribution in [0.1, 0.15) is 31.2 Å². The van der Waals surface area contributed by atoms with Gasteiger partial charge in [0, 0.05) is 24.8 Å². The predicted molar refractivity (Wildman–Crippen MR) is 70.6 cm³/mol. The van der Waals surface area contributed by atoms with Crippen LogP contribution in [0, 0.1) is 0 Å². The van der Waals surface area contributed by atoms with Crippen molar-refractivity contribution in [2.45, 2.75) is 38.3 Å². The molecule has 2 rings (SSSR count). The molecule has 0 atom stereocenters. The zero-order valence-electron chi connectivity index (χ0n) is 10.3. The summed E-state index contributed by atoms with van der Waals surface area (Å²) < 4.78 is 0. The van der Waals surface area contributed by atoms with E-state index in [2.05, 4.69) is 11.0 Å². The summed E-state index contributed by atoms with van der Waals surface area (Å²) in [5.41, 5.74) is 8.00. The molecule has 0 aliphatic heterocycles. The Bertz CT molecular complexity index is 348. The quantitative estimate of drug-likeness (QED) is 0.766. The van der Waals surface area contributed by atoms with E-state index in [1.54, 1.807) is 0 Å². The number of nitrogens with zero attached hydrogens (tertiary/aromatic N) is 1. The molecule has 0 bridgehead atoms. The Morgan fingerprint density at radius 2 is 1.94 bits per heavy atom. The molecular weight excluding hydrogens is 212 g/mol. The van der Waals surface area contributed by atoms with Crippen molar-refractivity contribution >= 4 is 5.69 Å². The molecule has 0 aromatic heterocycles. The molecule has 1 saturated carbocycles. The number of benzene rings is 1. The molecule has 1 aromatic carbocycles. The van der Waals surface area contributed by atoms with Crippen molar-refractivity contribution < 1.29 is 5.11 Å². The molecule has 0 unspecified atom stereocenters. The summed E-state index contributed by atoms with van der Waals surface area (Å²) in [6, 6.07) is 8.64. The molecule has 0 spiro atoms. The van der Waals surface area contributed by atoms with Crippen molar-refractivity contribution in [2.24, 2.45) is 0 Å². The van der Waals surface area contributed by atoms with Crippen molar-refractivity contribution in [3.05, 3.63) is 29.8 Å². The van der Waals surface area contributed by atoms with Crippen LogP contribution in [-0.4, -0.2) is 29.2 Å². The van der Waals surface area contributed by atoms with E-state index < -0.39 is 0 Å². The Morgan fingerprint density at radius 1 is 1.24 bits per heavy atom. The SMILES string of the molecule is Nc1ccccc1CN(CCO)C1CCCC1. The van der Waals surface area contributed by atoms with Gasteiger partial charge in [-0.3, -0.25) is 4.90 Å². The minimum Gasteiger partial charge on any atom is -0.398 e. The van der Waals surface area contributed by atoms with E-state index in [9.17, 15) is 5.11 Å². The van der Waals surface area contributed by atoms with Gasteiger partial charge in [0.05, 0.1) is 6.61 Å². The Kier molecular flexibility index (Phi) is 4.40. The van der Waals surface area contributed by atoms with Crippen molar-refractivity contribution in [3.63, 3.8) is 0 Å². The van der Waals surface area contributed by atoms with Gasteiger partial charge in [-0.15, -0.1) is 0 Å². The third-order valence-corrected chi connectivity index (χ3v) is 3.66. The van der Waals surface area contributed by atoms with Crippen LogP contribution in [0.2, 0.25) is 0 Å². The van der Waals surface area contributed by atoms with Crippen molar-refractivity contribution in [2.75, 3.05) is 18.9 Å². The molecule has 17 heavy (non-hydrogen) atoms. The standard InChI is InChI=1S/C14H22N2O/c15-14-8-4-1-5-12(14)11-16(9-10-17)13-6-2-3-7-13/h1,4-5,8,13,17H,2-3,6-7,9-11,15H2. The largest absolute Gasteiger partial charge is 0.398 e. The molecule has 0 radical (unpaired) electrons. The molecule has 0 heterocycles. The number of nitrogens with two attached hydrogens (primary N) is 1. The van der Waals surface area contributed by atoms with Crippen LogP contribution >= 0.6 is 0 Å². The third kappa shape index (κ3) is 3.20. The summed E-state index contributed by atoms with van der Waals surface area (Å²) in [5.74, 6) is 0. The van der Waals surface area contributed by atoms with Gasteiger partial charge in [0.25, 0.3) is 0 Å². The minimum atomic E-state index is 0.225. The number of aliphatic hydroxyl groups is 1. The number of hydrogen-bond donors (Lipinski definition) is 2. The number of aliphatic hydroxyl groups excluding tert-OH is 1. The fraction of sp³-hybridized carbons (Fsp3) is 0.571. The van der Waals surface area contributed by atoms with Gasteiger partial charge in [-0.25, -0.2) is 0 Å². The van der Waals surface area contributed by atoms with E-state index in [-0.39, 0.29) is 6.61 Å². The van der Waals surface area contributed by atoms with E-state index in [0.29, 0.717) is 6.04 Å². The van der Waals surface area contributed by atoms with Crippen LogP contribution in [0.25, 0.3) is 0 Å². The lowest BCUT2D eigenvalue weighted by Crippen LogP contribution is -2.35. The number of hydrogen-bond acceptors (Lipinski definition) is 3. The molecule has 3 heteroatoms. The van der Waals surface area contributed by atoms with Gasteiger partial charge in [-0.1, -0.05) is 31.0 Å². The summed E-state index contributed by atoms with van der Waals surface area (Å²) in [6.45, 7) is 1.83. The Balaban J connectivity index is 2.04. The van der Waals surface area contributed by atoms with Gasteiger partial charge in [0.1, 0.15) is 0 Å². The van der Waals surface area contributed by atoms with E-state index >= 15 is 0 Å². The highest BCUT2D eigenvalue weighted by Gasteiger charge is 2.22. The average Bonchev–Trinajstić information content (AvgIpc) is 2.85. The lowest BCUT2D eigenvalue weighted by Gasteiger charge is -2.28. The third-order valence-electron chi connectivity index (χ3n) is 3.66. The van der Waals surface area contributed by atoms with Crippen molar-refractivity contribution in [1.82, 2.24) is 4.90 Å². The van der Waals surface area contributed by atoms with Gasteiger partial charge >= 0.3 is 0 Å². The van der Waals surface area contributed by atoms with Crippen molar-refractivity contribution in [1.29, 1.82) is 0 Å². The van der Waals surface area contributed by atoms with Gasteiger partial charge < -0.3 is 10.8 Å². The Labute approximate surface area is 103 Å². The number of nitrogen functional groups attached to an aromatic ring is 1. The highest BCUT2D eigenvalue weighted by atomic mass is 16.3. The zero-order valence-corrected chi connectivity index (χ0v) is 10.3. The van der Waals surface area contributed by atoms with Gasteiger partial charge in [0.2, 0.25) is 0 Å². The van der Waals surface area contributed by atoms with Crippen molar-refractivity contribution in [3.8, 4) is 0 Å². The first-order chi connectivity index (χ1) is 8.31. The van der Waals surface area contributed by atoms with Crippen LogP contribution in [0.3, 0.4) is 0 Å². The minimum absolute atomic E-state index is 0.225. The molecule has 3 nitrogen and oxygen atoms in total. The fourth-order valence-corrected chi connectivity index (χ4v) is 2.69. The lowest BCUT2D eigenvalue weighted by atomic mass is 10.1. The summed E-state index contributed by atoms with van der Waals surface area (Å²) in [4.78, 5) is 2.37. The molecule has 1 aromatic rings. The molecule has 0 amide bonds. The maximum Gasteiger partial charge on any atom is 0.0558 e. The summed E-state index contributed by atoms with van der Waals surface area (Å²) in [5, 5.41) is 9.17. The summed E-state index contributed by atoms with van der Waals surface area (Å²) in [6.07, 6.45) is 5.15. The second-order valence-corrected chi connectivity index (χ2v) is 4.83. The van der Waals surface area contributed by atoms with Gasteiger partial charge in [-0.2, -0.15) is 0 Å². The predicted octanol–water partition coefficient (Wildman–Crippen LogP) is 2.01. The molecular formula is C14H22N2O. The number of anilines is 1. The van der Waals surface area contributed by atoms with E-state index in [1.165, 1.54) is 31.2 Å². The second kappa shape index (κ2) is 6.03. The van der Waals surface area contributed by atoms with E-state index in [4.69, 9.17) is 5.73 Å². The number of rotatable bonds is 5. The molecule has 3 N–H and O–H groups in total. The highest BCUT2D eigenvalue weighted by Crippen LogP contribution is 2.25. The monoisotopic (exact) mass is 234 g/mol. The van der Waals surface area contributed by atoms with Crippen LogP contribution < -0.4 is 5.73 Å². The van der Waals surface area contributed by atoms with Gasteiger partial charge in [-0.05, 0) is 24.5 Å². The van der Waals surface area contributed by atoms with Crippen LogP contribution in [0.5, 0.6) is 0 Å². The molecule has 0 saturated heterocycles. The smallest absolute Gasteiger partial charge is 0.0558 e. The number of para-hydroxylation sites is 1. The van der Waals surface area contributed by atoms with Crippen LogP contribution in [0.15, 0.2) is 24.3 Å². The summed E-state index contributed by atoms with van der Waals surface area (Å²) in [7, 11) is 0. The Hall–Kier alpha value is -1.06. The van der Waals surface area contributed by atoms with Crippen LogP contribution in [0.4, 0.5) is 5.69 Å². The van der Waals surface area contributed by atoms with E-state index in [0.717, 1.165) is 18.8 Å². The average molecular weight is 234 g/mol. The topological polar surface area (TPSA) is 49.5 Å². The first-order valence-electron chi connectivity index (χ1n) is 6.49. The maximum atomic E-state index is 9.17.